The number of aryl methyl sites for hydroxylation is 1. The molecule has 0 unspecified atom stereocenters. The second kappa shape index (κ2) is 6.15. The monoisotopic (exact) mass is 315 g/mol. The van der Waals surface area contributed by atoms with Gasteiger partial charge >= 0.3 is 0 Å². The molecular formula is C13H21N3O4S. The number of piperidine rings is 1. The van der Waals surface area contributed by atoms with Crippen LogP contribution in [0.25, 0.3) is 0 Å². The maximum absolute atomic E-state index is 12.4. The van der Waals surface area contributed by atoms with Gasteiger partial charge in [0.2, 0.25) is 15.9 Å². The maximum atomic E-state index is 12.4. The van der Waals surface area contributed by atoms with Gasteiger partial charge in [-0.1, -0.05) is 5.16 Å². The lowest BCUT2D eigenvalue weighted by Gasteiger charge is -2.32. The Labute approximate surface area is 124 Å². The van der Waals surface area contributed by atoms with Gasteiger partial charge in [-0.05, 0) is 19.8 Å². The third-order valence-electron chi connectivity index (χ3n) is 3.65. The number of aromatic nitrogens is 1. The lowest BCUT2D eigenvalue weighted by Crippen LogP contribution is -2.45. The fourth-order valence-corrected chi connectivity index (χ4v) is 3.48. The number of hydrogen-bond donors (Lipinski definition) is 0. The summed E-state index contributed by atoms with van der Waals surface area (Å²) in [5, 5.41) is 3.86. The van der Waals surface area contributed by atoms with Crippen molar-refractivity contribution in [3.8, 4) is 0 Å². The molecule has 1 saturated heterocycles. The zero-order valence-corrected chi connectivity index (χ0v) is 13.4. The van der Waals surface area contributed by atoms with Gasteiger partial charge in [0, 0.05) is 26.2 Å². The summed E-state index contributed by atoms with van der Waals surface area (Å²) in [6.07, 6.45) is 2.61. The Morgan fingerprint density at radius 1 is 1.57 bits per heavy atom. The highest BCUT2D eigenvalue weighted by atomic mass is 32.2. The summed E-state index contributed by atoms with van der Waals surface area (Å²) in [6, 6.07) is 1.79. The summed E-state index contributed by atoms with van der Waals surface area (Å²) in [6.45, 7) is 2.92. The molecule has 1 amide bonds. The molecule has 0 saturated carbocycles. The molecule has 0 radical (unpaired) electrons. The van der Waals surface area contributed by atoms with E-state index in [4.69, 9.17) is 4.52 Å². The van der Waals surface area contributed by atoms with Gasteiger partial charge in [0.15, 0.2) is 0 Å². The van der Waals surface area contributed by atoms with E-state index in [1.54, 1.807) is 24.9 Å². The Bertz CT molecular complexity index is 611. The number of hydrogen-bond acceptors (Lipinski definition) is 5. The minimum Gasteiger partial charge on any atom is -0.361 e. The predicted octanol–water partition coefficient (Wildman–Crippen LogP) is 0.613. The van der Waals surface area contributed by atoms with E-state index in [2.05, 4.69) is 5.16 Å². The molecule has 0 bridgehead atoms. The van der Waals surface area contributed by atoms with Crippen LogP contribution >= 0.6 is 0 Å². The Morgan fingerprint density at radius 3 is 2.86 bits per heavy atom. The Balaban J connectivity index is 1.98. The molecular weight excluding hydrogens is 294 g/mol. The number of amides is 1. The molecule has 2 heterocycles. The van der Waals surface area contributed by atoms with Crippen molar-refractivity contribution in [2.24, 2.45) is 5.92 Å². The second-order valence-corrected chi connectivity index (χ2v) is 7.57. The summed E-state index contributed by atoms with van der Waals surface area (Å²) in [4.78, 5) is 14.0. The number of rotatable bonds is 4. The van der Waals surface area contributed by atoms with Crippen molar-refractivity contribution in [1.29, 1.82) is 0 Å². The van der Waals surface area contributed by atoms with E-state index in [0.29, 0.717) is 37.4 Å². The summed E-state index contributed by atoms with van der Waals surface area (Å²) < 4.78 is 29.6. The third-order valence-corrected chi connectivity index (χ3v) is 4.92. The average molecular weight is 315 g/mol. The van der Waals surface area contributed by atoms with Crippen LogP contribution in [0.1, 0.15) is 24.3 Å². The van der Waals surface area contributed by atoms with Crippen molar-refractivity contribution in [3.63, 3.8) is 0 Å². The van der Waals surface area contributed by atoms with Crippen LogP contribution in [0.4, 0.5) is 0 Å². The minimum absolute atomic E-state index is 0.0518. The largest absolute Gasteiger partial charge is 0.361 e. The molecule has 118 valence electrons. The van der Waals surface area contributed by atoms with E-state index in [1.807, 2.05) is 0 Å². The zero-order valence-electron chi connectivity index (χ0n) is 12.6. The molecule has 7 nitrogen and oxygen atoms in total. The van der Waals surface area contributed by atoms with Crippen LogP contribution in [0.3, 0.4) is 0 Å². The van der Waals surface area contributed by atoms with Gasteiger partial charge in [0.05, 0.1) is 18.7 Å². The van der Waals surface area contributed by atoms with Gasteiger partial charge in [-0.15, -0.1) is 0 Å². The number of sulfonamides is 1. The highest BCUT2D eigenvalue weighted by Crippen LogP contribution is 2.21. The van der Waals surface area contributed by atoms with Gasteiger partial charge in [0.25, 0.3) is 0 Å². The van der Waals surface area contributed by atoms with Crippen LogP contribution in [-0.2, 0) is 21.4 Å². The molecule has 1 aliphatic rings. The SMILES string of the molecule is Cc1cc(CN(C)C(=O)[C@@H]2CCCN(S(C)(=O)=O)C2)no1. The molecule has 1 aromatic rings. The van der Waals surface area contributed by atoms with E-state index >= 15 is 0 Å². The fourth-order valence-electron chi connectivity index (χ4n) is 2.57. The molecule has 0 aliphatic carbocycles. The first-order valence-corrected chi connectivity index (χ1v) is 8.74. The van der Waals surface area contributed by atoms with Crippen LogP contribution in [0.2, 0.25) is 0 Å². The zero-order chi connectivity index (χ0) is 15.6. The van der Waals surface area contributed by atoms with Crippen LogP contribution in [0, 0.1) is 12.8 Å². The molecule has 21 heavy (non-hydrogen) atoms. The standard InChI is InChI=1S/C13H21N3O4S/c1-10-7-12(14-20-10)9-15(2)13(17)11-5-4-6-16(8-11)21(3,18)19/h7,11H,4-6,8-9H2,1-3H3/t11-/m1/s1. The number of carbonyl (C=O) groups is 1. The Morgan fingerprint density at radius 2 is 2.29 bits per heavy atom. The van der Waals surface area contributed by atoms with Crippen LogP contribution in [0.15, 0.2) is 10.6 Å². The van der Waals surface area contributed by atoms with Crippen LogP contribution < -0.4 is 0 Å². The van der Waals surface area contributed by atoms with Gasteiger partial charge in [-0.2, -0.15) is 0 Å². The first kappa shape index (κ1) is 16.0. The topological polar surface area (TPSA) is 83.7 Å². The molecule has 1 aromatic heterocycles. The van der Waals surface area contributed by atoms with Crippen molar-refractivity contribution in [2.45, 2.75) is 26.3 Å². The second-order valence-electron chi connectivity index (χ2n) is 5.58. The number of nitrogens with zero attached hydrogens (tertiary/aromatic N) is 3. The molecule has 8 heteroatoms. The van der Waals surface area contributed by atoms with E-state index in [0.717, 1.165) is 0 Å². The highest BCUT2D eigenvalue weighted by Gasteiger charge is 2.31. The quantitative estimate of drug-likeness (QED) is 0.813. The van der Waals surface area contributed by atoms with Gasteiger partial charge in [-0.3, -0.25) is 4.79 Å². The molecule has 1 atom stereocenters. The van der Waals surface area contributed by atoms with E-state index < -0.39 is 10.0 Å². The third kappa shape index (κ3) is 4.04. The molecule has 0 spiro atoms. The van der Waals surface area contributed by atoms with E-state index in [1.165, 1.54) is 10.6 Å². The lowest BCUT2D eigenvalue weighted by atomic mass is 9.98. The summed E-state index contributed by atoms with van der Waals surface area (Å²) in [5.41, 5.74) is 0.694. The highest BCUT2D eigenvalue weighted by molar-refractivity contribution is 7.88. The van der Waals surface area contributed by atoms with Gasteiger partial charge in [0.1, 0.15) is 11.5 Å². The van der Waals surface area contributed by atoms with Crippen molar-refractivity contribution >= 4 is 15.9 Å². The maximum Gasteiger partial charge on any atom is 0.227 e. The summed E-state index contributed by atoms with van der Waals surface area (Å²) in [5.74, 6) is 0.363. The van der Waals surface area contributed by atoms with Gasteiger partial charge < -0.3 is 9.42 Å². The molecule has 0 N–H and O–H groups in total. The van der Waals surface area contributed by atoms with Crippen molar-refractivity contribution in [3.05, 3.63) is 17.5 Å². The van der Waals surface area contributed by atoms with Crippen molar-refractivity contribution in [1.82, 2.24) is 14.4 Å². The Hall–Kier alpha value is -1.41. The molecule has 0 aromatic carbocycles. The average Bonchev–Trinajstić information content (AvgIpc) is 2.82. The smallest absolute Gasteiger partial charge is 0.227 e. The molecule has 2 rings (SSSR count). The van der Waals surface area contributed by atoms with E-state index in [-0.39, 0.29) is 18.4 Å². The van der Waals surface area contributed by atoms with Gasteiger partial charge in [-0.25, -0.2) is 12.7 Å². The normalized spacial score (nSPS) is 20.4. The first-order valence-electron chi connectivity index (χ1n) is 6.89. The van der Waals surface area contributed by atoms with E-state index in [9.17, 15) is 13.2 Å². The predicted molar refractivity (Wildman–Crippen MR) is 76.9 cm³/mol. The number of carbonyl (C=O) groups excluding carboxylic acids is 1. The fraction of sp³-hybridized carbons (Fsp3) is 0.692. The summed E-state index contributed by atoms with van der Waals surface area (Å²) >= 11 is 0. The Kier molecular flexibility index (Phi) is 4.67. The molecule has 1 fully saturated rings. The van der Waals surface area contributed by atoms with Crippen LogP contribution in [-0.4, -0.2) is 55.1 Å². The van der Waals surface area contributed by atoms with Crippen LogP contribution in [0.5, 0.6) is 0 Å². The lowest BCUT2D eigenvalue weighted by molar-refractivity contribution is -0.135. The minimum atomic E-state index is -3.24. The summed E-state index contributed by atoms with van der Waals surface area (Å²) in [7, 11) is -1.54. The molecule has 1 aliphatic heterocycles. The van der Waals surface area contributed by atoms with Crippen molar-refractivity contribution < 1.29 is 17.7 Å². The first-order chi connectivity index (χ1) is 9.77. The van der Waals surface area contributed by atoms with Crippen molar-refractivity contribution in [2.75, 3.05) is 26.4 Å².